The first-order valence-electron chi connectivity index (χ1n) is 3.18. The van der Waals surface area contributed by atoms with Crippen molar-refractivity contribution in [2.24, 2.45) is 0 Å². The first kappa shape index (κ1) is 7.94. The molecule has 1 aromatic heterocycles. The topological polar surface area (TPSA) is 42.4 Å². The van der Waals surface area contributed by atoms with E-state index < -0.39 is 5.95 Å². The van der Waals surface area contributed by atoms with E-state index in [9.17, 15) is 4.39 Å². The van der Waals surface area contributed by atoms with Gasteiger partial charge in [-0.15, -0.1) is 0 Å². The van der Waals surface area contributed by atoms with Crippen molar-refractivity contribution in [2.45, 2.75) is 0 Å². The van der Waals surface area contributed by atoms with Crippen LogP contribution in [0.2, 0.25) is 0 Å². The highest BCUT2D eigenvalue weighted by Crippen LogP contribution is 2.08. The van der Waals surface area contributed by atoms with Crippen molar-refractivity contribution in [1.29, 1.82) is 0 Å². The Morgan fingerprint density at radius 1 is 1.64 bits per heavy atom. The molecule has 0 aliphatic heterocycles. The molecule has 11 heavy (non-hydrogen) atoms. The molecule has 4 heteroatoms. The van der Waals surface area contributed by atoms with Gasteiger partial charge in [-0.25, -0.2) is 4.98 Å². The van der Waals surface area contributed by atoms with Crippen molar-refractivity contribution < 1.29 is 14.2 Å². The number of hydrogen-bond donors (Lipinski definition) is 1. The van der Waals surface area contributed by atoms with Gasteiger partial charge in [-0.05, 0) is 6.07 Å². The molecule has 0 aliphatic rings. The SMILES string of the molecule is OCCOc1ccnc(F)c1. The lowest BCUT2D eigenvalue weighted by Crippen LogP contribution is -2.01. The molecule has 0 bridgehead atoms. The van der Waals surface area contributed by atoms with Crippen molar-refractivity contribution >= 4 is 0 Å². The molecule has 0 spiro atoms. The van der Waals surface area contributed by atoms with Crippen LogP contribution in [0.4, 0.5) is 4.39 Å². The van der Waals surface area contributed by atoms with Crippen molar-refractivity contribution in [3.8, 4) is 5.75 Å². The van der Waals surface area contributed by atoms with Gasteiger partial charge in [0.25, 0.3) is 0 Å². The van der Waals surface area contributed by atoms with Crippen LogP contribution in [0.3, 0.4) is 0 Å². The summed E-state index contributed by atoms with van der Waals surface area (Å²) in [6.07, 6.45) is 1.31. The summed E-state index contributed by atoms with van der Waals surface area (Å²) in [5.41, 5.74) is 0. The third kappa shape index (κ3) is 2.51. The highest BCUT2D eigenvalue weighted by Gasteiger charge is 1.94. The molecule has 3 nitrogen and oxygen atoms in total. The Morgan fingerprint density at radius 2 is 2.45 bits per heavy atom. The first-order valence-corrected chi connectivity index (χ1v) is 3.18. The van der Waals surface area contributed by atoms with Crippen LogP contribution in [0.15, 0.2) is 18.3 Å². The van der Waals surface area contributed by atoms with E-state index in [1.807, 2.05) is 0 Å². The van der Waals surface area contributed by atoms with Crippen molar-refractivity contribution in [2.75, 3.05) is 13.2 Å². The number of aromatic nitrogens is 1. The minimum absolute atomic E-state index is 0.0794. The summed E-state index contributed by atoms with van der Waals surface area (Å²) in [5.74, 6) is -0.202. The number of pyridine rings is 1. The van der Waals surface area contributed by atoms with E-state index in [1.165, 1.54) is 12.3 Å². The van der Waals surface area contributed by atoms with Crippen molar-refractivity contribution in [1.82, 2.24) is 4.98 Å². The molecule has 0 aromatic carbocycles. The fraction of sp³-hybridized carbons (Fsp3) is 0.286. The predicted octanol–water partition coefficient (Wildman–Crippen LogP) is 0.592. The lowest BCUT2D eigenvalue weighted by atomic mass is 10.4. The summed E-state index contributed by atoms with van der Waals surface area (Å²) in [4.78, 5) is 3.34. The molecular formula is C7H8FNO2. The van der Waals surface area contributed by atoms with E-state index in [0.717, 1.165) is 6.07 Å². The van der Waals surface area contributed by atoms with Crippen molar-refractivity contribution in [3.63, 3.8) is 0 Å². The maximum absolute atomic E-state index is 12.3. The molecule has 1 N–H and O–H groups in total. The van der Waals surface area contributed by atoms with Gasteiger partial charge in [0.15, 0.2) is 0 Å². The Morgan fingerprint density at radius 3 is 3.09 bits per heavy atom. The van der Waals surface area contributed by atoms with Gasteiger partial charge < -0.3 is 9.84 Å². The predicted molar refractivity (Wildman–Crippen MR) is 36.8 cm³/mol. The molecular weight excluding hydrogens is 149 g/mol. The molecule has 0 unspecified atom stereocenters. The quantitative estimate of drug-likeness (QED) is 0.653. The van der Waals surface area contributed by atoms with Crippen LogP contribution >= 0.6 is 0 Å². The van der Waals surface area contributed by atoms with Crippen LogP contribution in [0.25, 0.3) is 0 Å². The smallest absolute Gasteiger partial charge is 0.216 e. The molecule has 0 atom stereocenters. The molecule has 60 valence electrons. The van der Waals surface area contributed by atoms with E-state index in [-0.39, 0.29) is 13.2 Å². The van der Waals surface area contributed by atoms with Gasteiger partial charge in [-0.1, -0.05) is 0 Å². The lowest BCUT2D eigenvalue weighted by molar-refractivity contribution is 0.200. The lowest BCUT2D eigenvalue weighted by Gasteiger charge is -2.01. The number of nitrogens with zero attached hydrogens (tertiary/aromatic N) is 1. The molecule has 1 rings (SSSR count). The van der Waals surface area contributed by atoms with Gasteiger partial charge in [-0.3, -0.25) is 0 Å². The van der Waals surface area contributed by atoms with Crippen LogP contribution in [0.1, 0.15) is 0 Å². The molecule has 1 heterocycles. The second-order valence-corrected chi connectivity index (χ2v) is 1.89. The summed E-state index contributed by atoms with van der Waals surface area (Å²) in [6, 6.07) is 2.69. The number of aliphatic hydroxyl groups excluding tert-OH is 1. The summed E-state index contributed by atoms with van der Waals surface area (Å²) in [6.45, 7) is 0.0907. The third-order valence-electron chi connectivity index (χ3n) is 1.06. The summed E-state index contributed by atoms with van der Waals surface area (Å²) in [5, 5.41) is 8.36. The Kier molecular flexibility index (Phi) is 2.80. The standard InChI is InChI=1S/C7H8FNO2/c8-7-5-6(1-2-9-7)11-4-3-10/h1-2,5,10H,3-4H2. The molecule has 0 amide bonds. The van der Waals surface area contributed by atoms with Gasteiger partial charge >= 0.3 is 0 Å². The van der Waals surface area contributed by atoms with Crippen molar-refractivity contribution in [3.05, 3.63) is 24.3 Å². The summed E-state index contributed by atoms with van der Waals surface area (Å²) in [7, 11) is 0. The van der Waals surface area contributed by atoms with Crippen LogP contribution in [0.5, 0.6) is 5.75 Å². The fourth-order valence-electron chi connectivity index (χ4n) is 0.638. The highest BCUT2D eigenvalue weighted by molar-refractivity contribution is 5.17. The summed E-state index contributed by atoms with van der Waals surface area (Å²) >= 11 is 0. The third-order valence-corrected chi connectivity index (χ3v) is 1.06. The largest absolute Gasteiger partial charge is 0.491 e. The normalized spacial score (nSPS) is 9.64. The number of hydrogen-bond acceptors (Lipinski definition) is 3. The van der Waals surface area contributed by atoms with E-state index in [2.05, 4.69) is 4.98 Å². The van der Waals surface area contributed by atoms with Gasteiger partial charge in [-0.2, -0.15) is 4.39 Å². The summed E-state index contributed by atoms with van der Waals surface area (Å²) < 4.78 is 17.2. The zero-order valence-corrected chi connectivity index (χ0v) is 5.83. The van der Waals surface area contributed by atoms with Gasteiger partial charge in [0, 0.05) is 12.3 Å². The van der Waals surface area contributed by atoms with Crippen LogP contribution in [-0.4, -0.2) is 23.3 Å². The van der Waals surface area contributed by atoms with Gasteiger partial charge in [0.05, 0.1) is 6.61 Å². The van der Waals surface area contributed by atoms with E-state index >= 15 is 0 Å². The van der Waals surface area contributed by atoms with Crippen LogP contribution < -0.4 is 4.74 Å². The average molecular weight is 157 g/mol. The molecule has 0 saturated carbocycles. The van der Waals surface area contributed by atoms with Crippen LogP contribution in [-0.2, 0) is 0 Å². The fourth-order valence-corrected chi connectivity index (χ4v) is 0.638. The number of rotatable bonds is 3. The second kappa shape index (κ2) is 3.88. The molecule has 0 radical (unpaired) electrons. The minimum Gasteiger partial charge on any atom is -0.491 e. The molecule has 0 saturated heterocycles. The maximum atomic E-state index is 12.3. The number of ether oxygens (including phenoxy) is 1. The number of aliphatic hydroxyl groups is 1. The van der Waals surface area contributed by atoms with Gasteiger partial charge in [0.1, 0.15) is 12.4 Å². The van der Waals surface area contributed by atoms with E-state index in [0.29, 0.717) is 5.75 Å². The average Bonchev–Trinajstić information content (AvgIpc) is 2.01. The highest BCUT2D eigenvalue weighted by atomic mass is 19.1. The second-order valence-electron chi connectivity index (χ2n) is 1.89. The molecule has 0 aliphatic carbocycles. The zero-order chi connectivity index (χ0) is 8.10. The van der Waals surface area contributed by atoms with Gasteiger partial charge in [0.2, 0.25) is 5.95 Å². The Hall–Kier alpha value is -1.16. The Balaban J connectivity index is 2.56. The zero-order valence-electron chi connectivity index (χ0n) is 5.83. The van der Waals surface area contributed by atoms with E-state index in [1.54, 1.807) is 0 Å². The van der Waals surface area contributed by atoms with Crippen LogP contribution in [0, 0.1) is 5.95 Å². The molecule has 0 fully saturated rings. The molecule has 1 aromatic rings. The van der Waals surface area contributed by atoms with E-state index in [4.69, 9.17) is 9.84 Å². The number of halogens is 1. The minimum atomic E-state index is -0.583. The Bertz CT molecular complexity index is 229. The maximum Gasteiger partial charge on any atom is 0.216 e. The monoisotopic (exact) mass is 157 g/mol. The first-order chi connectivity index (χ1) is 5.33. The Labute approximate surface area is 63.5 Å².